The fourth-order valence-electron chi connectivity index (χ4n) is 3.78. The maximum absolute atomic E-state index is 13.2. The molecule has 3 rings (SSSR count). The summed E-state index contributed by atoms with van der Waals surface area (Å²) in [7, 11) is 1.61. The Labute approximate surface area is 167 Å². The molecule has 0 aliphatic carbocycles. The molecular formula is C19H27BrN2O5. The summed E-state index contributed by atoms with van der Waals surface area (Å²) in [5.74, 6) is -0.0609. The van der Waals surface area contributed by atoms with Gasteiger partial charge in [-0.3, -0.25) is 9.59 Å². The molecular weight excluding hydrogens is 416 g/mol. The van der Waals surface area contributed by atoms with Gasteiger partial charge >= 0.3 is 0 Å². The molecule has 0 N–H and O–H groups in total. The van der Waals surface area contributed by atoms with Gasteiger partial charge in [-0.2, -0.15) is 0 Å². The van der Waals surface area contributed by atoms with Crippen molar-refractivity contribution < 1.29 is 19.0 Å². The van der Waals surface area contributed by atoms with Gasteiger partial charge in [-0.1, -0.05) is 13.3 Å². The molecule has 1 saturated heterocycles. The van der Waals surface area contributed by atoms with E-state index in [0.717, 1.165) is 25.7 Å². The molecule has 7 nitrogen and oxygen atoms in total. The zero-order valence-corrected chi connectivity index (χ0v) is 17.5. The molecule has 1 unspecified atom stereocenters. The van der Waals surface area contributed by atoms with E-state index in [4.69, 9.17) is 14.2 Å². The smallest absolute Gasteiger partial charge is 0.274 e. The van der Waals surface area contributed by atoms with E-state index in [-0.39, 0.29) is 17.1 Å². The van der Waals surface area contributed by atoms with E-state index in [1.807, 2.05) is 4.57 Å². The number of ether oxygens (including phenoxy) is 3. The average molecular weight is 443 g/mol. The van der Waals surface area contributed by atoms with Gasteiger partial charge in [0, 0.05) is 33.0 Å². The van der Waals surface area contributed by atoms with Crippen molar-refractivity contribution in [3.8, 4) is 5.75 Å². The van der Waals surface area contributed by atoms with Crippen molar-refractivity contribution in [3.05, 3.63) is 26.6 Å². The van der Waals surface area contributed by atoms with Gasteiger partial charge < -0.3 is 23.7 Å². The van der Waals surface area contributed by atoms with Gasteiger partial charge in [0.1, 0.15) is 0 Å². The third-order valence-corrected chi connectivity index (χ3v) is 5.78. The van der Waals surface area contributed by atoms with Crippen LogP contribution in [-0.4, -0.2) is 62.0 Å². The van der Waals surface area contributed by atoms with Crippen molar-refractivity contribution in [2.24, 2.45) is 0 Å². The zero-order valence-electron chi connectivity index (χ0n) is 16.0. The lowest BCUT2D eigenvalue weighted by Crippen LogP contribution is -2.58. The van der Waals surface area contributed by atoms with Crippen LogP contribution in [0.4, 0.5) is 0 Å². The second-order valence-electron chi connectivity index (χ2n) is 7.16. The summed E-state index contributed by atoms with van der Waals surface area (Å²) in [6, 6.07) is 0. The Hall–Kier alpha value is -1.38. The lowest BCUT2D eigenvalue weighted by Gasteiger charge is -2.47. The first kappa shape index (κ1) is 20.4. The highest BCUT2D eigenvalue weighted by atomic mass is 79.9. The molecule has 1 aromatic heterocycles. The Morgan fingerprint density at radius 3 is 2.81 bits per heavy atom. The highest BCUT2D eigenvalue weighted by molar-refractivity contribution is 9.10. The minimum Gasteiger partial charge on any atom is -0.487 e. The third-order valence-electron chi connectivity index (χ3n) is 5.22. The number of carbonyl (C=O) groups is 1. The predicted octanol–water partition coefficient (Wildman–Crippen LogP) is 2.40. The number of rotatable bonds is 7. The summed E-state index contributed by atoms with van der Waals surface area (Å²) in [5, 5.41) is 0. The predicted molar refractivity (Wildman–Crippen MR) is 105 cm³/mol. The van der Waals surface area contributed by atoms with Crippen LogP contribution in [0.3, 0.4) is 0 Å². The zero-order chi connectivity index (χ0) is 19.4. The van der Waals surface area contributed by atoms with Gasteiger partial charge in [-0.05, 0) is 35.2 Å². The molecule has 1 amide bonds. The van der Waals surface area contributed by atoms with Crippen LogP contribution < -0.4 is 10.2 Å². The van der Waals surface area contributed by atoms with E-state index in [1.54, 1.807) is 18.2 Å². The van der Waals surface area contributed by atoms with E-state index in [1.165, 1.54) is 0 Å². The monoisotopic (exact) mass is 442 g/mol. The van der Waals surface area contributed by atoms with E-state index in [9.17, 15) is 9.59 Å². The molecule has 0 saturated carbocycles. The molecule has 1 spiro atoms. The number of aromatic nitrogens is 1. The minimum atomic E-state index is -0.395. The first-order chi connectivity index (χ1) is 13.0. The summed E-state index contributed by atoms with van der Waals surface area (Å²) in [5.41, 5.74) is -0.354. The van der Waals surface area contributed by atoms with Crippen LogP contribution in [0.2, 0.25) is 0 Å². The number of methoxy groups -OCH3 is 1. The minimum absolute atomic E-state index is 0.134. The quantitative estimate of drug-likeness (QED) is 0.606. The van der Waals surface area contributed by atoms with Crippen LogP contribution in [0.1, 0.15) is 43.1 Å². The first-order valence-corrected chi connectivity index (χ1v) is 10.3. The molecule has 0 radical (unpaired) electrons. The fraction of sp³-hybridized carbons (Fsp3) is 0.684. The van der Waals surface area contributed by atoms with E-state index < -0.39 is 5.54 Å². The Kier molecular flexibility index (Phi) is 6.60. The number of amides is 1. The molecule has 1 fully saturated rings. The number of hydrogen-bond donors (Lipinski definition) is 0. The molecule has 2 aliphatic rings. The summed E-state index contributed by atoms with van der Waals surface area (Å²) < 4.78 is 19.1. The molecule has 27 heavy (non-hydrogen) atoms. The van der Waals surface area contributed by atoms with Gasteiger partial charge in [-0.15, -0.1) is 0 Å². The molecule has 0 aromatic carbocycles. The van der Waals surface area contributed by atoms with Crippen molar-refractivity contribution in [1.82, 2.24) is 9.47 Å². The number of unbranched alkanes of at least 4 members (excludes halogenated alkanes) is 1. The second-order valence-corrected chi connectivity index (χ2v) is 8.01. The molecule has 2 aliphatic heterocycles. The van der Waals surface area contributed by atoms with Crippen molar-refractivity contribution in [2.45, 2.75) is 38.1 Å². The van der Waals surface area contributed by atoms with Crippen molar-refractivity contribution >= 4 is 21.8 Å². The number of hydrogen-bond acceptors (Lipinski definition) is 5. The van der Waals surface area contributed by atoms with Crippen molar-refractivity contribution in [2.75, 3.05) is 46.6 Å². The molecule has 3 heterocycles. The number of carbonyl (C=O) groups excluding carboxylic acids is 1. The highest BCUT2D eigenvalue weighted by Crippen LogP contribution is 2.37. The average Bonchev–Trinajstić information content (AvgIpc) is 2.67. The molecule has 150 valence electrons. The third kappa shape index (κ3) is 3.93. The largest absolute Gasteiger partial charge is 0.487 e. The van der Waals surface area contributed by atoms with Gasteiger partial charge in [0.05, 0.1) is 29.8 Å². The lowest BCUT2D eigenvalue weighted by molar-refractivity contribution is -0.0294. The Balaban J connectivity index is 2.11. The molecule has 8 heteroatoms. The Morgan fingerprint density at radius 1 is 1.33 bits per heavy atom. The van der Waals surface area contributed by atoms with Gasteiger partial charge in [-0.25, -0.2) is 0 Å². The van der Waals surface area contributed by atoms with Crippen molar-refractivity contribution in [3.63, 3.8) is 0 Å². The standard InChI is InChI=1S/C19H27BrN2O5/c1-3-4-9-27-17-15-18(24)21(7-10-25-2)12-19(6-5-8-26-13-19)22(15)11-14(20)16(17)23/h11H,3-10,12-13H2,1-2H3. The lowest BCUT2D eigenvalue weighted by atomic mass is 9.88. The van der Waals surface area contributed by atoms with E-state index in [2.05, 4.69) is 22.9 Å². The summed E-state index contributed by atoms with van der Waals surface area (Å²) in [4.78, 5) is 27.8. The van der Waals surface area contributed by atoms with Gasteiger partial charge in [0.25, 0.3) is 5.91 Å². The van der Waals surface area contributed by atoms with Crippen LogP contribution in [0.25, 0.3) is 0 Å². The van der Waals surface area contributed by atoms with Crippen LogP contribution >= 0.6 is 15.9 Å². The molecule has 1 atom stereocenters. The normalized spacial score (nSPS) is 22.2. The number of nitrogens with zero attached hydrogens (tertiary/aromatic N) is 2. The second kappa shape index (κ2) is 8.75. The number of fused-ring (bicyclic) bond motifs is 2. The first-order valence-electron chi connectivity index (χ1n) is 9.48. The fourth-order valence-corrected chi connectivity index (χ4v) is 4.16. The van der Waals surface area contributed by atoms with Crippen LogP contribution in [0.15, 0.2) is 15.5 Å². The SMILES string of the molecule is CCCCOc1c2n(cc(Br)c1=O)C1(CCCOC1)CN(CCOC)C2=O. The van der Waals surface area contributed by atoms with Crippen LogP contribution in [-0.2, 0) is 15.0 Å². The molecule has 1 aromatic rings. The maximum atomic E-state index is 13.2. The van der Waals surface area contributed by atoms with Gasteiger partial charge in [0.15, 0.2) is 11.4 Å². The Morgan fingerprint density at radius 2 is 2.15 bits per heavy atom. The maximum Gasteiger partial charge on any atom is 0.274 e. The van der Waals surface area contributed by atoms with E-state index in [0.29, 0.717) is 49.7 Å². The van der Waals surface area contributed by atoms with Gasteiger partial charge in [0.2, 0.25) is 5.43 Å². The number of halogens is 1. The van der Waals surface area contributed by atoms with E-state index >= 15 is 0 Å². The topological polar surface area (TPSA) is 70.0 Å². The van der Waals surface area contributed by atoms with Crippen LogP contribution in [0, 0.1) is 0 Å². The molecule has 0 bridgehead atoms. The van der Waals surface area contributed by atoms with Crippen molar-refractivity contribution in [1.29, 1.82) is 0 Å². The summed E-state index contributed by atoms with van der Waals surface area (Å²) in [6.07, 6.45) is 5.27. The summed E-state index contributed by atoms with van der Waals surface area (Å²) >= 11 is 3.36. The summed E-state index contributed by atoms with van der Waals surface area (Å²) in [6.45, 7) is 5.12. The highest BCUT2D eigenvalue weighted by Gasteiger charge is 2.45. The Bertz CT molecular complexity index is 742. The number of pyridine rings is 1. The van der Waals surface area contributed by atoms with Crippen LogP contribution in [0.5, 0.6) is 5.75 Å².